The molecule has 0 aromatic heterocycles. The lowest BCUT2D eigenvalue weighted by Gasteiger charge is -2.47. The lowest BCUT2D eigenvalue weighted by atomic mass is 9.33. The van der Waals surface area contributed by atoms with Gasteiger partial charge in [0.25, 0.3) is 6.71 Å². The summed E-state index contributed by atoms with van der Waals surface area (Å²) in [4.78, 5) is 5.53. The monoisotopic (exact) mass is 957 g/mol. The van der Waals surface area contributed by atoms with Gasteiger partial charge < -0.3 is 9.80 Å². The number of rotatable bonds is 3. The molecule has 73 heavy (non-hydrogen) atoms. The van der Waals surface area contributed by atoms with Crippen molar-refractivity contribution in [1.82, 2.24) is 0 Å². The van der Waals surface area contributed by atoms with Crippen LogP contribution in [0.25, 0.3) is 22.3 Å². The molecule has 0 atom stereocenters. The maximum Gasteiger partial charge on any atom is 0.252 e. The molecule has 4 aliphatic carbocycles. The molecule has 6 aliphatic rings. The van der Waals surface area contributed by atoms with Gasteiger partial charge in [0.05, 0.1) is 0 Å². The molecule has 7 aromatic rings. The zero-order valence-corrected chi connectivity index (χ0v) is 47.0. The minimum Gasteiger partial charge on any atom is -0.311 e. The maximum atomic E-state index is 2.77. The van der Waals surface area contributed by atoms with Gasteiger partial charge >= 0.3 is 0 Å². The summed E-state index contributed by atoms with van der Waals surface area (Å²) in [5.41, 5.74) is 32.1. The third-order valence-corrected chi connectivity index (χ3v) is 20.2. The van der Waals surface area contributed by atoms with Crippen LogP contribution in [-0.4, -0.2) is 6.71 Å². The van der Waals surface area contributed by atoms with Crippen molar-refractivity contribution < 1.29 is 0 Å². The third kappa shape index (κ3) is 6.48. The molecule has 0 fully saturated rings. The minimum atomic E-state index is -0.155. The van der Waals surface area contributed by atoms with Gasteiger partial charge in [-0.1, -0.05) is 176 Å². The predicted octanol–water partition coefficient (Wildman–Crippen LogP) is 17.0. The molecule has 0 N–H and O–H groups in total. The quantitative estimate of drug-likeness (QED) is 0.163. The smallest absolute Gasteiger partial charge is 0.252 e. The van der Waals surface area contributed by atoms with E-state index in [9.17, 15) is 0 Å². The number of aryl methyl sites for hydroxylation is 2. The molecule has 7 aromatic carbocycles. The van der Waals surface area contributed by atoms with Gasteiger partial charge in [0.2, 0.25) is 0 Å². The summed E-state index contributed by atoms with van der Waals surface area (Å²) < 4.78 is 0. The SMILES string of the molecule is Cc1cc2c(cc1N1c3cc4c(cc3B3c5cc6c(cc5N(c5cc7c(cc5C)C(C)(C)CCC7(C)C)c5cc(-c7ccccc7)cc1c53)C(C)(C)CC6(C)C)C(C)(C)c1ccccc1-4)C(C)(C)CCC2(C)C. The molecule has 3 heteroatoms. The van der Waals surface area contributed by atoms with E-state index in [1.165, 1.54) is 154 Å². The fraction of sp³-hybridized carbons (Fsp3) is 0.400. The first kappa shape index (κ1) is 47.0. The molecule has 0 saturated carbocycles. The molecule has 370 valence electrons. The summed E-state index contributed by atoms with van der Waals surface area (Å²) in [6.07, 6.45) is 5.85. The molecule has 0 amide bonds. The highest BCUT2D eigenvalue weighted by Crippen LogP contribution is 2.58. The van der Waals surface area contributed by atoms with E-state index in [4.69, 9.17) is 0 Å². The van der Waals surface area contributed by atoms with Crippen LogP contribution in [0.5, 0.6) is 0 Å². The highest BCUT2D eigenvalue weighted by atomic mass is 15.2. The number of anilines is 6. The lowest BCUT2D eigenvalue weighted by Crippen LogP contribution is -2.62. The summed E-state index contributed by atoms with van der Waals surface area (Å²) in [6.45, 7) is 39.6. The fourth-order valence-corrected chi connectivity index (χ4v) is 15.9. The topological polar surface area (TPSA) is 6.48 Å². The number of hydrogen-bond donors (Lipinski definition) is 0. The summed E-state index contributed by atoms with van der Waals surface area (Å²) in [7, 11) is 0. The Morgan fingerprint density at radius 3 is 1.27 bits per heavy atom. The van der Waals surface area contributed by atoms with Gasteiger partial charge in [0.1, 0.15) is 0 Å². The molecule has 0 radical (unpaired) electrons. The Labute approximate surface area is 438 Å². The van der Waals surface area contributed by atoms with Crippen LogP contribution in [0, 0.1) is 13.8 Å². The molecule has 0 unspecified atom stereocenters. The molecule has 0 saturated heterocycles. The summed E-state index contributed by atoms with van der Waals surface area (Å²) >= 11 is 0. The second-order valence-corrected chi connectivity index (χ2v) is 28.3. The number of fused-ring (bicyclic) bond motifs is 10. The standard InChI is InChI=1S/C70H77BN2/c1-41-30-49-52(66(7,8)28-26-64(49,3)4)37-57(41)72-59-34-46-45-24-20-21-25-47(45)70(15,16)48(46)35-55(59)71-56-36-51-54(69(13,14)40-68(51,11)12)39-60(56)73(62-33-44(32-61(72)63(62)71)43-22-18-17-19-23-43)58-38-53-50(31-42(58)2)65(5,6)27-29-67(53,9)10/h17-25,30-39H,26-29,40H2,1-16H3. The molecule has 0 spiro atoms. The first-order valence-electron chi connectivity index (χ1n) is 27.8. The molecule has 0 bridgehead atoms. The van der Waals surface area contributed by atoms with Gasteiger partial charge in [-0.25, -0.2) is 0 Å². The number of benzene rings is 7. The minimum absolute atomic E-state index is 0.00330. The van der Waals surface area contributed by atoms with E-state index >= 15 is 0 Å². The first-order valence-corrected chi connectivity index (χ1v) is 27.8. The predicted molar refractivity (Wildman–Crippen MR) is 314 cm³/mol. The van der Waals surface area contributed by atoms with Crippen LogP contribution < -0.4 is 26.2 Å². The Hall–Kier alpha value is -5.80. The second-order valence-electron chi connectivity index (χ2n) is 28.3. The average molecular weight is 957 g/mol. The van der Waals surface area contributed by atoms with Crippen molar-refractivity contribution in [1.29, 1.82) is 0 Å². The Kier molecular flexibility index (Phi) is 9.48. The molecule has 2 heterocycles. The second kappa shape index (κ2) is 14.7. The number of hydrogen-bond acceptors (Lipinski definition) is 2. The zero-order chi connectivity index (χ0) is 51.5. The molecule has 2 nitrogen and oxygen atoms in total. The maximum absolute atomic E-state index is 2.77. The summed E-state index contributed by atoms with van der Waals surface area (Å²) in [5.74, 6) is 0. The van der Waals surface area contributed by atoms with Gasteiger partial charge in [-0.05, 0) is 209 Å². The highest BCUT2D eigenvalue weighted by molar-refractivity contribution is 7.00. The third-order valence-electron chi connectivity index (χ3n) is 20.2. The van der Waals surface area contributed by atoms with Crippen molar-refractivity contribution in [2.45, 2.75) is 181 Å². The van der Waals surface area contributed by atoms with Crippen molar-refractivity contribution in [2.24, 2.45) is 0 Å². The molecular weight excluding hydrogens is 880 g/mol. The van der Waals surface area contributed by atoms with E-state index in [1.807, 2.05) is 0 Å². The van der Waals surface area contributed by atoms with E-state index < -0.39 is 0 Å². The highest BCUT2D eigenvalue weighted by Gasteiger charge is 2.51. The molecular formula is C70H77BN2. The van der Waals surface area contributed by atoms with Crippen molar-refractivity contribution in [2.75, 3.05) is 9.80 Å². The van der Waals surface area contributed by atoms with Crippen molar-refractivity contribution in [3.05, 3.63) is 171 Å². The van der Waals surface area contributed by atoms with E-state index in [2.05, 4.69) is 236 Å². The normalized spacial score (nSPS) is 20.7. The van der Waals surface area contributed by atoms with Gasteiger partial charge in [0.15, 0.2) is 0 Å². The largest absolute Gasteiger partial charge is 0.311 e. The van der Waals surface area contributed by atoms with Crippen LogP contribution in [0.15, 0.2) is 115 Å². The van der Waals surface area contributed by atoms with Gasteiger partial charge in [-0.3, -0.25) is 0 Å². The molecule has 13 rings (SSSR count). The number of nitrogens with zero attached hydrogens (tertiary/aromatic N) is 2. The van der Waals surface area contributed by atoms with Crippen LogP contribution in [0.4, 0.5) is 34.1 Å². The van der Waals surface area contributed by atoms with E-state index in [-0.39, 0.29) is 44.6 Å². The van der Waals surface area contributed by atoms with Gasteiger partial charge in [-0.2, -0.15) is 0 Å². The Balaban J connectivity index is 1.20. The Morgan fingerprint density at radius 2 is 0.753 bits per heavy atom. The van der Waals surface area contributed by atoms with E-state index in [0.717, 1.165) is 6.42 Å². The van der Waals surface area contributed by atoms with Gasteiger partial charge in [0, 0.05) is 39.5 Å². The van der Waals surface area contributed by atoms with Crippen LogP contribution in [-0.2, 0) is 37.9 Å². The van der Waals surface area contributed by atoms with Crippen LogP contribution in [0.1, 0.15) is 185 Å². The first-order chi connectivity index (χ1) is 34.2. The zero-order valence-electron chi connectivity index (χ0n) is 47.0. The van der Waals surface area contributed by atoms with E-state index in [0.29, 0.717) is 0 Å². The van der Waals surface area contributed by atoms with Crippen LogP contribution >= 0.6 is 0 Å². The summed E-state index contributed by atoms with van der Waals surface area (Å²) in [5, 5.41) is 0. The lowest BCUT2D eigenvalue weighted by molar-refractivity contribution is 0.332. The van der Waals surface area contributed by atoms with Crippen molar-refractivity contribution in [3.8, 4) is 22.3 Å². The molecule has 2 aliphatic heterocycles. The van der Waals surface area contributed by atoms with Gasteiger partial charge in [-0.15, -0.1) is 0 Å². The van der Waals surface area contributed by atoms with E-state index in [1.54, 1.807) is 0 Å². The summed E-state index contributed by atoms with van der Waals surface area (Å²) in [6, 6.07) is 46.8. The van der Waals surface area contributed by atoms with Crippen LogP contribution in [0.2, 0.25) is 0 Å². The Morgan fingerprint density at radius 1 is 0.342 bits per heavy atom. The van der Waals surface area contributed by atoms with Crippen molar-refractivity contribution in [3.63, 3.8) is 0 Å². The fourth-order valence-electron chi connectivity index (χ4n) is 15.9. The Bertz CT molecular complexity index is 3560. The van der Waals surface area contributed by atoms with Crippen LogP contribution in [0.3, 0.4) is 0 Å². The van der Waals surface area contributed by atoms with Crippen molar-refractivity contribution >= 4 is 57.2 Å². The average Bonchev–Trinajstić information content (AvgIpc) is 3.67.